The summed E-state index contributed by atoms with van der Waals surface area (Å²) in [7, 11) is 1.78. The minimum atomic E-state index is -0.491. The van der Waals surface area contributed by atoms with Crippen LogP contribution in [0.3, 0.4) is 0 Å². The molecule has 0 spiro atoms. The average Bonchev–Trinajstić information content (AvgIpc) is 2.22. The van der Waals surface area contributed by atoms with Crippen molar-refractivity contribution in [1.82, 2.24) is 4.90 Å². The largest absolute Gasteiger partial charge is 0.460 e. The van der Waals surface area contributed by atoms with Crippen LogP contribution in [0.15, 0.2) is 0 Å². The molecule has 0 aliphatic heterocycles. The Morgan fingerprint density at radius 1 is 1.06 bits per heavy atom. The monoisotopic (exact) mass is 257 g/mol. The maximum absolute atomic E-state index is 11.9. The number of amides is 1. The molecule has 1 amide bonds. The van der Waals surface area contributed by atoms with E-state index in [2.05, 4.69) is 0 Å². The van der Waals surface area contributed by atoms with Crippen LogP contribution in [0.2, 0.25) is 0 Å². The third kappa shape index (κ3) is 6.03. The van der Waals surface area contributed by atoms with Crippen molar-refractivity contribution < 1.29 is 14.3 Å². The first-order valence-corrected chi connectivity index (χ1v) is 6.48. The van der Waals surface area contributed by atoms with Crippen molar-refractivity contribution in [3.05, 3.63) is 0 Å². The van der Waals surface area contributed by atoms with Gasteiger partial charge in [-0.2, -0.15) is 0 Å². The van der Waals surface area contributed by atoms with Crippen molar-refractivity contribution >= 4 is 11.9 Å². The fourth-order valence-corrected chi connectivity index (χ4v) is 1.34. The van der Waals surface area contributed by atoms with Gasteiger partial charge in [0.2, 0.25) is 5.91 Å². The molecule has 0 bridgehead atoms. The Bertz CT molecular complexity index is 303. The Labute approximate surface area is 111 Å². The number of hydrogen-bond donors (Lipinski definition) is 0. The van der Waals surface area contributed by atoms with Crippen LogP contribution in [0.1, 0.15) is 60.8 Å². The molecule has 0 rings (SSSR count). The van der Waals surface area contributed by atoms with Crippen LogP contribution in [0.4, 0.5) is 0 Å². The Balaban J connectivity index is 4.24. The van der Waals surface area contributed by atoms with Gasteiger partial charge in [-0.15, -0.1) is 0 Å². The van der Waals surface area contributed by atoms with E-state index in [0.29, 0.717) is 0 Å². The number of hydrogen-bond acceptors (Lipinski definition) is 3. The second-order valence-electron chi connectivity index (χ2n) is 6.21. The summed E-state index contributed by atoms with van der Waals surface area (Å²) in [5.74, 6) is -0.341. The van der Waals surface area contributed by atoms with Gasteiger partial charge in [0.1, 0.15) is 5.60 Å². The summed E-state index contributed by atoms with van der Waals surface area (Å²) in [4.78, 5) is 25.2. The topological polar surface area (TPSA) is 46.6 Å². The van der Waals surface area contributed by atoms with Gasteiger partial charge < -0.3 is 9.64 Å². The van der Waals surface area contributed by atoms with Crippen LogP contribution < -0.4 is 0 Å². The Kier molecular flexibility index (Phi) is 5.84. The van der Waals surface area contributed by atoms with E-state index >= 15 is 0 Å². The van der Waals surface area contributed by atoms with Gasteiger partial charge in [-0.1, -0.05) is 6.92 Å². The van der Waals surface area contributed by atoms with Crippen LogP contribution in [-0.2, 0) is 14.3 Å². The second-order valence-corrected chi connectivity index (χ2v) is 6.21. The third-order valence-corrected chi connectivity index (χ3v) is 3.11. The third-order valence-electron chi connectivity index (χ3n) is 3.11. The van der Waals surface area contributed by atoms with Crippen molar-refractivity contribution in [3.63, 3.8) is 0 Å². The second kappa shape index (κ2) is 6.21. The molecule has 0 heterocycles. The first-order valence-electron chi connectivity index (χ1n) is 6.48. The fraction of sp³-hybridized carbons (Fsp3) is 0.857. The average molecular weight is 257 g/mol. The molecule has 0 aliphatic rings. The van der Waals surface area contributed by atoms with E-state index in [1.54, 1.807) is 11.9 Å². The lowest BCUT2D eigenvalue weighted by Crippen LogP contribution is -2.44. The summed E-state index contributed by atoms with van der Waals surface area (Å²) in [5.41, 5.74) is -0.667. The van der Waals surface area contributed by atoms with Gasteiger partial charge in [0.15, 0.2) is 0 Å². The Hall–Kier alpha value is -1.06. The Morgan fingerprint density at radius 2 is 1.56 bits per heavy atom. The highest BCUT2D eigenvalue weighted by molar-refractivity contribution is 5.81. The van der Waals surface area contributed by atoms with Crippen LogP contribution >= 0.6 is 0 Å². The maximum Gasteiger partial charge on any atom is 0.306 e. The molecule has 0 aromatic carbocycles. The SMILES string of the molecule is CCC(C)(C)N(C)C(=O)CCC(=O)OC(C)(C)C. The minimum Gasteiger partial charge on any atom is -0.460 e. The van der Waals surface area contributed by atoms with Gasteiger partial charge >= 0.3 is 5.97 Å². The minimum absolute atomic E-state index is 0.0206. The summed E-state index contributed by atoms with van der Waals surface area (Å²) in [5, 5.41) is 0. The lowest BCUT2D eigenvalue weighted by molar-refractivity contribution is -0.156. The standard InChI is InChI=1S/C14H27NO3/c1-8-14(5,6)15(7)11(16)9-10-12(17)18-13(2,3)4/h8-10H2,1-7H3. The molecular weight excluding hydrogens is 230 g/mol. The lowest BCUT2D eigenvalue weighted by atomic mass is 9.99. The molecule has 0 radical (unpaired) electrons. The van der Waals surface area contributed by atoms with Crippen LogP contribution in [-0.4, -0.2) is 35.0 Å². The summed E-state index contributed by atoms with van der Waals surface area (Å²) in [6, 6.07) is 0. The zero-order chi connectivity index (χ0) is 14.6. The maximum atomic E-state index is 11.9. The molecular formula is C14H27NO3. The van der Waals surface area contributed by atoms with E-state index in [1.165, 1.54) is 0 Å². The van der Waals surface area contributed by atoms with Crippen molar-refractivity contribution in [1.29, 1.82) is 0 Å². The summed E-state index contributed by atoms with van der Waals surface area (Å²) < 4.78 is 5.17. The predicted octanol–water partition coefficient (Wildman–Crippen LogP) is 2.76. The molecule has 4 nitrogen and oxygen atoms in total. The molecule has 0 N–H and O–H groups in total. The van der Waals surface area contributed by atoms with E-state index in [9.17, 15) is 9.59 Å². The molecule has 0 aliphatic carbocycles. The molecule has 0 saturated carbocycles. The number of nitrogens with zero attached hydrogens (tertiary/aromatic N) is 1. The van der Waals surface area contributed by atoms with Crippen LogP contribution in [0.25, 0.3) is 0 Å². The van der Waals surface area contributed by atoms with Crippen LogP contribution in [0.5, 0.6) is 0 Å². The summed E-state index contributed by atoms with van der Waals surface area (Å²) in [6.45, 7) is 11.5. The highest BCUT2D eigenvalue weighted by Crippen LogP contribution is 2.18. The molecule has 0 unspecified atom stereocenters. The van der Waals surface area contributed by atoms with Crippen molar-refractivity contribution in [3.8, 4) is 0 Å². The van der Waals surface area contributed by atoms with E-state index in [-0.39, 0.29) is 30.3 Å². The van der Waals surface area contributed by atoms with Crippen molar-refractivity contribution in [2.45, 2.75) is 71.9 Å². The van der Waals surface area contributed by atoms with Gasteiger partial charge in [0, 0.05) is 19.0 Å². The number of esters is 1. The van der Waals surface area contributed by atoms with Crippen molar-refractivity contribution in [2.75, 3.05) is 7.05 Å². The van der Waals surface area contributed by atoms with Gasteiger partial charge in [-0.25, -0.2) is 0 Å². The molecule has 0 atom stereocenters. The van der Waals surface area contributed by atoms with E-state index < -0.39 is 5.60 Å². The number of carbonyl (C=O) groups is 2. The zero-order valence-electron chi connectivity index (χ0n) is 12.8. The Morgan fingerprint density at radius 3 is 1.94 bits per heavy atom. The number of ether oxygens (including phenoxy) is 1. The number of rotatable bonds is 5. The van der Waals surface area contributed by atoms with Gasteiger partial charge in [-0.3, -0.25) is 9.59 Å². The molecule has 18 heavy (non-hydrogen) atoms. The predicted molar refractivity (Wildman–Crippen MR) is 72.2 cm³/mol. The highest BCUT2D eigenvalue weighted by atomic mass is 16.6. The first kappa shape index (κ1) is 16.9. The normalized spacial score (nSPS) is 12.2. The highest BCUT2D eigenvalue weighted by Gasteiger charge is 2.26. The van der Waals surface area contributed by atoms with Gasteiger partial charge in [0.05, 0.1) is 6.42 Å². The molecule has 0 aromatic heterocycles. The zero-order valence-corrected chi connectivity index (χ0v) is 12.8. The quantitative estimate of drug-likeness (QED) is 0.711. The molecule has 0 fully saturated rings. The lowest BCUT2D eigenvalue weighted by Gasteiger charge is -2.35. The van der Waals surface area contributed by atoms with Gasteiger partial charge in [0.25, 0.3) is 0 Å². The molecule has 0 aromatic rings. The summed E-state index contributed by atoms with van der Waals surface area (Å²) >= 11 is 0. The summed E-state index contributed by atoms with van der Waals surface area (Å²) in [6.07, 6.45) is 1.22. The van der Waals surface area contributed by atoms with Crippen molar-refractivity contribution in [2.24, 2.45) is 0 Å². The molecule has 0 saturated heterocycles. The van der Waals surface area contributed by atoms with E-state index in [4.69, 9.17) is 4.74 Å². The van der Waals surface area contributed by atoms with Crippen LogP contribution in [0, 0.1) is 0 Å². The molecule has 4 heteroatoms. The first-order chi connectivity index (χ1) is 7.99. The fourth-order valence-electron chi connectivity index (χ4n) is 1.34. The molecule has 106 valence electrons. The van der Waals surface area contributed by atoms with Gasteiger partial charge in [-0.05, 0) is 41.0 Å². The van der Waals surface area contributed by atoms with E-state index in [1.807, 2.05) is 41.5 Å². The smallest absolute Gasteiger partial charge is 0.306 e. The van der Waals surface area contributed by atoms with E-state index in [0.717, 1.165) is 6.42 Å². The number of carbonyl (C=O) groups excluding carboxylic acids is 2.